The highest BCUT2D eigenvalue weighted by molar-refractivity contribution is 6.02. The summed E-state index contributed by atoms with van der Waals surface area (Å²) in [6, 6.07) is 6.06. The largest absolute Gasteiger partial charge is 0.513 e. The van der Waals surface area contributed by atoms with Gasteiger partial charge in [-0.15, -0.1) is 0 Å². The molecule has 0 saturated carbocycles. The topological polar surface area (TPSA) is 78.9 Å². The van der Waals surface area contributed by atoms with Gasteiger partial charge in [-0.2, -0.15) is 0 Å². The number of carbonyl (C=O) groups excluding carboxylic acids is 1. The van der Waals surface area contributed by atoms with E-state index in [2.05, 4.69) is 0 Å². The van der Waals surface area contributed by atoms with Crippen LogP contribution >= 0.6 is 0 Å². The van der Waals surface area contributed by atoms with Crippen molar-refractivity contribution in [2.24, 2.45) is 5.92 Å². The van der Waals surface area contributed by atoms with Gasteiger partial charge in [0.2, 0.25) is 0 Å². The van der Waals surface area contributed by atoms with Gasteiger partial charge >= 0.3 is 11.8 Å². The van der Waals surface area contributed by atoms with Gasteiger partial charge in [0.1, 0.15) is 11.2 Å². The van der Waals surface area contributed by atoms with E-state index in [1.807, 2.05) is 13.8 Å². The fraction of sp³-hybridized carbons (Fsp3) is 0.250. The van der Waals surface area contributed by atoms with E-state index in [-0.39, 0.29) is 23.9 Å². The summed E-state index contributed by atoms with van der Waals surface area (Å²) in [4.78, 5) is 23.2. The van der Waals surface area contributed by atoms with Crippen molar-refractivity contribution in [1.82, 2.24) is 0 Å². The van der Waals surface area contributed by atoms with Crippen molar-refractivity contribution >= 4 is 28.1 Å². The number of fused-ring (bicyclic) bond motifs is 2. The maximum absolute atomic E-state index is 11.8. The Bertz CT molecular complexity index is 886. The molecule has 0 aliphatic heterocycles. The first-order valence-corrected chi connectivity index (χ1v) is 6.83. The number of benzene rings is 1. The summed E-state index contributed by atoms with van der Waals surface area (Å²) in [5.74, 6) is 0.450. The molecule has 0 atom stereocenters. The Morgan fingerprint density at radius 2 is 1.95 bits per heavy atom. The fourth-order valence-corrected chi connectivity index (χ4v) is 2.07. The van der Waals surface area contributed by atoms with Crippen molar-refractivity contribution in [2.45, 2.75) is 13.8 Å². The van der Waals surface area contributed by atoms with E-state index in [0.29, 0.717) is 16.4 Å². The minimum atomic E-state index is -0.810. The molecule has 2 heterocycles. The smallest absolute Gasteiger partial charge is 0.464 e. The molecule has 0 aliphatic carbocycles. The molecule has 0 N–H and O–H groups in total. The van der Waals surface area contributed by atoms with E-state index in [9.17, 15) is 9.59 Å². The maximum Gasteiger partial charge on any atom is 0.513 e. The first-order chi connectivity index (χ1) is 10.5. The summed E-state index contributed by atoms with van der Waals surface area (Å²) in [6.45, 7) is 4.11. The summed E-state index contributed by atoms with van der Waals surface area (Å²) >= 11 is 0. The van der Waals surface area contributed by atoms with Crippen LogP contribution in [0.5, 0.6) is 5.75 Å². The van der Waals surface area contributed by atoms with Crippen LogP contribution in [0.25, 0.3) is 21.9 Å². The van der Waals surface area contributed by atoms with Gasteiger partial charge in [-0.1, -0.05) is 13.8 Å². The molecule has 0 amide bonds. The summed E-state index contributed by atoms with van der Waals surface area (Å²) in [6.07, 6.45) is 0.656. The zero-order valence-corrected chi connectivity index (χ0v) is 12.1. The first kappa shape index (κ1) is 14.2. The second kappa shape index (κ2) is 5.55. The number of ether oxygens (including phenoxy) is 2. The van der Waals surface area contributed by atoms with Gasteiger partial charge in [0.15, 0.2) is 5.75 Å². The minimum Gasteiger partial charge on any atom is -0.464 e. The van der Waals surface area contributed by atoms with Crippen LogP contribution in [0.4, 0.5) is 4.79 Å². The predicted molar refractivity (Wildman–Crippen MR) is 79.1 cm³/mol. The van der Waals surface area contributed by atoms with Crippen LogP contribution in [-0.4, -0.2) is 12.8 Å². The second-order valence-corrected chi connectivity index (χ2v) is 5.26. The number of carbonyl (C=O) groups is 1. The van der Waals surface area contributed by atoms with Crippen molar-refractivity contribution in [2.75, 3.05) is 6.61 Å². The average Bonchev–Trinajstić information content (AvgIpc) is 2.92. The third-order valence-corrected chi connectivity index (χ3v) is 3.03. The van der Waals surface area contributed by atoms with Gasteiger partial charge in [0.05, 0.1) is 23.6 Å². The maximum atomic E-state index is 11.8. The first-order valence-electron chi connectivity index (χ1n) is 6.83. The Hall–Kier alpha value is -2.76. The highest BCUT2D eigenvalue weighted by Gasteiger charge is 2.17. The van der Waals surface area contributed by atoms with E-state index >= 15 is 0 Å². The normalized spacial score (nSPS) is 11.2. The quantitative estimate of drug-likeness (QED) is 0.417. The van der Waals surface area contributed by atoms with Gasteiger partial charge in [0.25, 0.3) is 0 Å². The molecule has 3 aromatic rings. The van der Waals surface area contributed by atoms with Crippen molar-refractivity contribution in [1.29, 1.82) is 0 Å². The molecule has 0 aliphatic rings. The highest BCUT2D eigenvalue weighted by Crippen LogP contribution is 2.35. The molecule has 3 rings (SSSR count). The van der Waals surface area contributed by atoms with E-state index in [1.54, 1.807) is 18.2 Å². The van der Waals surface area contributed by atoms with Gasteiger partial charge < -0.3 is 18.3 Å². The van der Waals surface area contributed by atoms with E-state index < -0.39 is 11.8 Å². The average molecular weight is 302 g/mol. The van der Waals surface area contributed by atoms with Crippen LogP contribution in [0.1, 0.15) is 13.8 Å². The standard InChI is InChI=1S/C16H14O6/c1-9(2)8-20-16(18)22-15-10-3-4-14(17)21-13(10)7-12-11(15)5-6-19-12/h3-7,9H,8H2,1-2H3. The molecule has 0 radical (unpaired) electrons. The summed E-state index contributed by atoms with van der Waals surface area (Å²) < 4.78 is 20.7. The third kappa shape index (κ3) is 2.67. The summed E-state index contributed by atoms with van der Waals surface area (Å²) in [5.41, 5.74) is 0.238. The lowest BCUT2D eigenvalue weighted by Crippen LogP contribution is -2.14. The molecule has 22 heavy (non-hydrogen) atoms. The van der Waals surface area contributed by atoms with Gasteiger partial charge in [-0.05, 0) is 18.1 Å². The third-order valence-electron chi connectivity index (χ3n) is 3.03. The molecule has 0 spiro atoms. The van der Waals surface area contributed by atoms with Crippen molar-refractivity contribution in [3.63, 3.8) is 0 Å². The van der Waals surface area contributed by atoms with Crippen LogP contribution in [0.3, 0.4) is 0 Å². The number of rotatable bonds is 3. The summed E-state index contributed by atoms with van der Waals surface area (Å²) in [5, 5.41) is 1.10. The lowest BCUT2D eigenvalue weighted by molar-refractivity contribution is 0.0894. The lowest BCUT2D eigenvalue weighted by atomic mass is 10.1. The molecular weight excluding hydrogens is 288 g/mol. The van der Waals surface area contributed by atoms with Crippen LogP contribution in [0, 0.1) is 5.92 Å². The van der Waals surface area contributed by atoms with E-state index in [1.165, 1.54) is 12.3 Å². The van der Waals surface area contributed by atoms with E-state index in [0.717, 1.165) is 0 Å². The molecule has 2 aromatic heterocycles. The molecule has 6 nitrogen and oxygen atoms in total. The van der Waals surface area contributed by atoms with Gasteiger partial charge in [-0.25, -0.2) is 9.59 Å². The molecule has 6 heteroatoms. The van der Waals surface area contributed by atoms with Crippen LogP contribution in [-0.2, 0) is 4.74 Å². The molecule has 0 unspecified atom stereocenters. The number of hydrogen-bond donors (Lipinski definition) is 0. The molecule has 0 saturated heterocycles. The van der Waals surface area contributed by atoms with Crippen LogP contribution in [0.2, 0.25) is 0 Å². The van der Waals surface area contributed by atoms with Crippen molar-refractivity contribution in [3.05, 3.63) is 40.9 Å². The van der Waals surface area contributed by atoms with Crippen LogP contribution < -0.4 is 10.4 Å². The Morgan fingerprint density at radius 3 is 2.73 bits per heavy atom. The Morgan fingerprint density at radius 1 is 1.18 bits per heavy atom. The molecular formula is C16H14O6. The lowest BCUT2D eigenvalue weighted by Gasteiger charge is -2.10. The highest BCUT2D eigenvalue weighted by atomic mass is 16.7. The minimum absolute atomic E-state index is 0.201. The number of hydrogen-bond acceptors (Lipinski definition) is 6. The monoisotopic (exact) mass is 302 g/mol. The van der Waals surface area contributed by atoms with Gasteiger partial charge in [0, 0.05) is 12.1 Å². The Balaban J connectivity index is 2.06. The summed E-state index contributed by atoms with van der Waals surface area (Å²) in [7, 11) is 0. The second-order valence-electron chi connectivity index (χ2n) is 5.26. The van der Waals surface area contributed by atoms with Crippen molar-refractivity contribution < 1.29 is 23.1 Å². The molecule has 114 valence electrons. The predicted octanol–water partition coefficient (Wildman–Crippen LogP) is 3.71. The van der Waals surface area contributed by atoms with Crippen LogP contribution in [0.15, 0.2) is 44.2 Å². The zero-order valence-electron chi connectivity index (χ0n) is 12.1. The van der Waals surface area contributed by atoms with E-state index in [4.69, 9.17) is 18.3 Å². The molecule has 0 fully saturated rings. The van der Waals surface area contributed by atoms with Gasteiger partial charge in [-0.3, -0.25) is 0 Å². The molecule has 1 aromatic carbocycles. The SMILES string of the molecule is CC(C)COC(=O)Oc1c2ccoc2cc2oc(=O)ccc12. The molecule has 0 bridgehead atoms. The fourth-order valence-electron chi connectivity index (χ4n) is 2.07. The Kier molecular flexibility index (Phi) is 3.58. The number of furan rings is 1. The zero-order chi connectivity index (χ0) is 15.7. The van der Waals surface area contributed by atoms with Crippen molar-refractivity contribution in [3.8, 4) is 5.75 Å². The Labute approximate surface area is 125 Å².